The van der Waals surface area contributed by atoms with E-state index in [4.69, 9.17) is 16.3 Å². The maximum atomic E-state index is 12.7. The molecule has 1 N–H and O–H groups in total. The van der Waals surface area contributed by atoms with Gasteiger partial charge in [-0.1, -0.05) is 23.7 Å². The van der Waals surface area contributed by atoms with Crippen LogP contribution in [0.5, 0.6) is 0 Å². The van der Waals surface area contributed by atoms with Crippen LogP contribution in [-0.4, -0.2) is 41.8 Å². The largest absolute Gasteiger partial charge is 0.382 e. The minimum atomic E-state index is -0.155. The number of nitrogens with zero attached hydrogens (tertiary/aromatic N) is 2. The minimum Gasteiger partial charge on any atom is -0.382 e. The van der Waals surface area contributed by atoms with Crippen LogP contribution in [0.15, 0.2) is 24.3 Å². The van der Waals surface area contributed by atoms with Gasteiger partial charge in [-0.25, -0.2) is 0 Å². The fraction of sp³-hybridized carbons (Fsp3) is 0.412. The third-order valence-corrected chi connectivity index (χ3v) is 4.30. The van der Waals surface area contributed by atoms with Crippen LogP contribution < -0.4 is 0 Å². The Hall–Kier alpha value is -1.85. The van der Waals surface area contributed by atoms with Crippen molar-refractivity contribution >= 4 is 17.5 Å². The molecular weight excluding hydrogens is 314 g/mol. The summed E-state index contributed by atoms with van der Waals surface area (Å²) in [5.74, 6) is 0.0228. The monoisotopic (exact) mass is 335 g/mol. The Balaban J connectivity index is 2.18. The van der Waals surface area contributed by atoms with Crippen LogP contribution in [0.4, 0.5) is 0 Å². The Morgan fingerprint density at radius 2 is 2.00 bits per heavy atom. The number of carbonyl (C=O) groups is 1. The van der Waals surface area contributed by atoms with Gasteiger partial charge in [0.1, 0.15) is 0 Å². The molecule has 2 aromatic rings. The van der Waals surface area contributed by atoms with E-state index in [9.17, 15) is 4.79 Å². The van der Waals surface area contributed by atoms with Gasteiger partial charge in [0.15, 0.2) is 0 Å². The molecule has 0 radical (unpaired) electrons. The average molecular weight is 336 g/mol. The highest BCUT2D eigenvalue weighted by molar-refractivity contribution is 6.30. The lowest BCUT2D eigenvalue weighted by atomic mass is 10.0. The molecule has 0 unspecified atom stereocenters. The van der Waals surface area contributed by atoms with E-state index >= 15 is 0 Å². The lowest BCUT2D eigenvalue weighted by Crippen LogP contribution is -2.35. The molecule has 0 spiro atoms. The number of benzene rings is 1. The Morgan fingerprint density at radius 3 is 2.52 bits per heavy atom. The van der Waals surface area contributed by atoms with Gasteiger partial charge in [0, 0.05) is 30.4 Å². The molecule has 0 fully saturated rings. The number of aryl methyl sites for hydroxylation is 2. The fourth-order valence-corrected chi connectivity index (χ4v) is 2.68. The van der Waals surface area contributed by atoms with Crippen LogP contribution in [0, 0.1) is 13.8 Å². The van der Waals surface area contributed by atoms with Gasteiger partial charge in [0.25, 0.3) is 0 Å². The van der Waals surface area contributed by atoms with Crippen LogP contribution in [0.2, 0.25) is 5.02 Å². The predicted octanol–water partition coefficient (Wildman–Crippen LogP) is 3.07. The summed E-state index contributed by atoms with van der Waals surface area (Å²) < 4.78 is 5.30. The molecule has 124 valence electrons. The van der Waals surface area contributed by atoms with Crippen molar-refractivity contribution in [3.05, 3.63) is 51.8 Å². The Labute approximate surface area is 141 Å². The van der Waals surface area contributed by atoms with Crippen LogP contribution in [0.25, 0.3) is 0 Å². The molecular formula is C17H22ClN3O2. The fourth-order valence-electron chi connectivity index (χ4n) is 2.56. The van der Waals surface area contributed by atoms with Crippen molar-refractivity contribution in [3.63, 3.8) is 0 Å². The van der Waals surface area contributed by atoms with Crippen LogP contribution in [0.1, 0.15) is 28.6 Å². The number of ether oxygens (including phenoxy) is 1. The second-order valence-corrected chi connectivity index (χ2v) is 6.05. The second kappa shape index (κ2) is 7.62. The molecule has 1 amide bonds. The molecule has 5 nitrogen and oxygen atoms in total. The van der Waals surface area contributed by atoms with E-state index in [0.717, 1.165) is 22.5 Å². The van der Waals surface area contributed by atoms with Gasteiger partial charge >= 0.3 is 0 Å². The number of H-pyrrole nitrogens is 1. The van der Waals surface area contributed by atoms with Crippen molar-refractivity contribution in [1.29, 1.82) is 0 Å². The van der Waals surface area contributed by atoms with E-state index < -0.39 is 0 Å². The van der Waals surface area contributed by atoms with E-state index in [1.807, 2.05) is 38.1 Å². The zero-order valence-corrected chi connectivity index (χ0v) is 14.6. The van der Waals surface area contributed by atoms with Crippen molar-refractivity contribution in [1.82, 2.24) is 15.1 Å². The van der Waals surface area contributed by atoms with Crippen LogP contribution >= 0.6 is 11.6 Å². The number of rotatable bonds is 6. The highest BCUT2D eigenvalue weighted by atomic mass is 35.5. The first-order valence-electron chi connectivity index (χ1n) is 7.44. The first kappa shape index (κ1) is 17.5. The van der Waals surface area contributed by atoms with E-state index in [0.29, 0.717) is 18.1 Å². The number of aromatic amines is 1. The number of hydrogen-bond acceptors (Lipinski definition) is 3. The third-order valence-electron chi connectivity index (χ3n) is 4.05. The smallest absolute Gasteiger partial charge is 0.227 e. The number of aromatic nitrogens is 2. The summed E-state index contributed by atoms with van der Waals surface area (Å²) in [5.41, 5.74) is 3.74. The first-order chi connectivity index (χ1) is 10.9. The lowest BCUT2D eigenvalue weighted by Gasteiger charge is -2.28. The number of methoxy groups -OCH3 is 1. The molecule has 1 heterocycles. The van der Waals surface area contributed by atoms with Crippen molar-refractivity contribution < 1.29 is 9.53 Å². The summed E-state index contributed by atoms with van der Waals surface area (Å²) in [5, 5.41) is 7.73. The number of halogens is 1. The summed E-state index contributed by atoms with van der Waals surface area (Å²) >= 11 is 5.94. The van der Waals surface area contributed by atoms with E-state index in [2.05, 4.69) is 10.2 Å². The summed E-state index contributed by atoms with van der Waals surface area (Å²) in [6.07, 6.45) is 0.318. The van der Waals surface area contributed by atoms with Crippen molar-refractivity contribution in [2.75, 3.05) is 20.8 Å². The molecule has 0 saturated heterocycles. The maximum Gasteiger partial charge on any atom is 0.227 e. The maximum absolute atomic E-state index is 12.7. The predicted molar refractivity (Wildman–Crippen MR) is 90.6 cm³/mol. The van der Waals surface area contributed by atoms with Crippen LogP contribution in [0.3, 0.4) is 0 Å². The Morgan fingerprint density at radius 1 is 1.35 bits per heavy atom. The standard InChI is InChI=1S/C17H22ClN3O2/c1-11-15(12(2)20-19-11)9-17(22)21(3)16(10-23-4)13-5-7-14(18)8-6-13/h5-8,16H,9-10H2,1-4H3,(H,19,20)/t16-/m1/s1. The molecule has 0 aliphatic carbocycles. The normalized spacial score (nSPS) is 12.2. The molecule has 0 aliphatic rings. The zero-order valence-electron chi connectivity index (χ0n) is 13.9. The quantitative estimate of drug-likeness (QED) is 0.882. The van der Waals surface area contributed by atoms with E-state index in [1.54, 1.807) is 19.1 Å². The third kappa shape index (κ3) is 4.12. The van der Waals surface area contributed by atoms with Gasteiger partial charge in [-0.05, 0) is 31.5 Å². The molecule has 6 heteroatoms. The van der Waals surface area contributed by atoms with E-state index in [-0.39, 0.29) is 11.9 Å². The lowest BCUT2D eigenvalue weighted by molar-refractivity contribution is -0.132. The molecule has 2 rings (SSSR count). The molecule has 0 aliphatic heterocycles. The summed E-state index contributed by atoms with van der Waals surface area (Å²) in [6.45, 7) is 4.25. The number of carbonyl (C=O) groups excluding carboxylic acids is 1. The highest BCUT2D eigenvalue weighted by Crippen LogP contribution is 2.23. The highest BCUT2D eigenvalue weighted by Gasteiger charge is 2.23. The molecule has 1 atom stereocenters. The van der Waals surface area contributed by atoms with Gasteiger partial charge in [-0.2, -0.15) is 5.10 Å². The SMILES string of the molecule is COC[C@H](c1ccc(Cl)cc1)N(C)C(=O)Cc1c(C)n[nH]c1C. The van der Waals surface area contributed by atoms with Gasteiger partial charge in [-0.3, -0.25) is 9.89 Å². The average Bonchev–Trinajstić information content (AvgIpc) is 2.85. The number of hydrogen-bond donors (Lipinski definition) is 1. The summed E-state index contributed by atoms with van der Waals surface area (Å²) in [6, 6.07) is 7.33. The van der Waals surface area contributed by atoms with Crippen molar-refractivity contribution in [2.45, 2.75) is 26.3 Å². The summed E-state index contributed by atoms with van der Waals surface area (Å²) in [4.78, 5) is 14.4. The van der Waals surface area contributed by atoms with E-state index in [1.165, 1.54) is 0 Å². The van der Waals surface area contributed by atoms with Crippen LogP contribution in [-0.2, 0) is 16.0 Å². The Bertz CT molecular complexity index is 647. The minimum absolute atomic E-state index is 0.0228. The van der Waals surface area contributed by atoms with Gasteiger partial charge in [0.05, 0.1) is 24.8 Å². The van der Waals surface area contributed by atoms with Gasteiger partial charge < -0.3 is 9.64 Å². The molecule has 0 saturated carbocycles. The second-order valence-electron chi connectivity index (χ2n) is 5.62. The topological polar surface area (TPSA) is 58.2 Å². The zero-order chi connectivity index (χ0) is 17.0. The number of likely N-dealkylation sites (N-methyl/N-ethyl adjacent to an activating group) is 1. The Kier molecular flexibility index (Phi) is 5.80. The van der Waals surface area contributed by atoms with Crippen molar-refractivity contribution in [2.24, 2.45) is 0 Å². The molecule has 23 heavy (non-hydrogen) atoms. The van der Waals surface area contributed by atoms with Gasteiger partial charge in [0.2, 0.25) is 5.91 Å². The van der Waals surface area contributed by atoms with Crippen molar-refractivity contribution in [3.8, 4) is 0 Å². The summed E-state index contributed by atoms with van der Waals surface area (Å²) in [7, 11) is 3.43. The first-order valence-corrected chi connectivity index (χ1v) is 7.82. The number of nitrogens with one attached hydrogen (secondary N) is 1. The molecule has 1 aromatic carbocycles. The number of amides is 1. The molecule has 1 aromatic heterocycles. The van der Waals surface area contributed by atoms with Gasteiger partial charge in [-0.15, -0.1) is 0 Å². The molecule has 0 bridgehead atoms.